The zero-order valence-corrected chi connectivity index (χ0v) is 19.5. The third-order valence-corrected chi connectivity index (χ3v) is 6.07. The maximum Gasteiger partial charge on any atom is 0.273 e. The number of H-pyrrole nitrogens is 1. The Balaban J connectivity index is 1.56. The van der Waals surface area contributed by atoms with Crippen LogP contribution in [0.3, 0.4) is 0 Å². The number of carbonyl (C=O) groups excluding carboxylic acids is 1. The van der Waals surface area contributed by atoms with Crippen LogP contribution in [0, 0.1) is 0 Å². The van der Waals surface area contributed by atoms with Gasteiger partial charge in [0.2, 0.25) is 0 Å². The number of ether oxygens (including phenoxy) is 2. The standard InChI is InChI=1S/C28H27N3O4/c1-2-34-17-9-16-31-27(19-10-8-13-21(18-19)35-20-11-4-3-5-12-20)24-25(29-30-26(24)28(31)33)22-14-6-7-15-23(22)32/h3-8,10-15,18,27,32H,2,9,16-17H2,1H3,(H,29,30). The van der Waals surface area contributed by atoms with Crippen LogP contribution in [0.15, 0.2) is 78.9 Å². The number of aromatic hydroxyl groups is 1. The summed E-state index contributed by atoms with van der Waals surface area (Å²) in [5.41, 5.74) is 3.25. The number of para-hydroxylation sites is 2. The summed E-state index contributed by atoms with van der Waals surface area (Å²) in [6, 6.07) is 24.0. The number of rotatable bonds is 9. The minimum atomic E-state index is -0.383. The number of nitrogens with zero attached hydrogens (tertiary/aromatic N) is 2. The topological polar surface area (TPSA) is 87.7 Å². The minimum absolute atomic E-state index is 0.115. The molecular formula is C28H27N3O4. The number of aromatic nitrogens is 2. The first-order valence-corrected chi connectivity index (χ1v) is 11.8. The average molecular weight is 470 g/mol. The Kier molecular flexibility index (Phi) is 6.50. The third-order valence-electron chi connectivity index (χ3n) is 6.07. The van der Waals surface area contributed by atoms with Gasteiger partial charge in [-0.1, -0.05) is 42.5 Å². The van der Waals surface area contributed by atoms with Crippen molar-refractivity contribution in [3.05, 3.63) is 95.7 Å². The molecule has 4 aromatic rings. The van der Waals surface area contributed by atoms with E-state index in [2.05, 4.69) is 10.2 Å². The SMILES string of the molecule is CCOCCCN1C(=O)c2[nH]nc(-c3ccccc3O)c2C1c1cccc(Oc2ccccc2)c1. The average Bonchev–Trinajstić information content (AvgIpc) is 3.42. The summed E-state index contributed by atoms with van der Waals surface area (Å²) in [5.74, 6) is 1.41. The van der Waals surface area contributed by atoms with Gasteiger partial charge in [-0.15, -0.1) is 0 Å². The van der Waals surface area contributed by atoms with E-state index < -0.39 is 0 Å². The van der Waals surface area contributed by atoms with Gasteiger partial charge in [-0.2, -0.15) is 5.10 Å². The van der Waals surface area contributed by atoms with E-state index in [1.54, 1.807) is 18.2 Å². The number of hydrogen-bond acceptors (Lipinski definition) is 5. The lowest BCUT2D eigenvalue weighted by atomic mass is 9.95. The molecule has 2 heterocycles. The highest BCUT2D eigenvalue weighted by Gasteiger charge is 2.42. The normalized spacial score (nSPS) is 14.8. The van der Waals surface area contributed by atoms with Crippen molar-refractivity contribution in [2.75, 3.05) is 19.8 Å². The number of nitrogens with one attached hydrogen (secondary N) is 1. The van der Waals surface area contributed by atoms with Crippen molar-refractivity contribution >= 4 is 5.91 Å². The summed E-state index contributed by atoms with van der Waals surface area (Å²) >= 11 is 0. The molecule has 1 aliphatic heterocycles. The molecule has 7 nitrogen and oxygen atoms in total. The summed E-state index contributed by atoms with van der Waals surface area (Å²) in [6.07, 6.45) is 0.708. The van der Waals surface area contributed by atoms with E-state index in [-0.39, 0.29) is 17.7 Å². The van der Waals surface area contributed by atoms with Gasteiger partial charge in [-0.3, -0.25) is 9.89 Å². The molecule has 0 fully saturated rings. The number of carbonyl (C=O) groups is 1. The van der Waals surface area contributed by atoms with Crippen LogP contribution in [0.5, 0.6) is 17.2 Å². The summed E-state index contributed by atoms with van der Waals surface area (Å²) < 4.78 is 11.6. The molecule has 0 aliphatic carbocycles. The highest BCUT2D eigenvalue weighted by atomic mass is 16.5. The van der Waals surface area contributed by atoms with E-state index in [1.165, 1.54) is 0 Å². The maximum absolute atomic E-state index is 13.5. The number of phenols is 1. The quantitative estimate of drug-likeness (QED) is 0.314. The molecule has 178 valence electrons. The molecule has 1 aliphatic rings. The molecule has 1 atom stereocenters. The predicted octanol–water partition coefficient (Wildman–Crippen LogP) is 5.55. The van der Waals surface area contributed by atoms with Crippen LogP contribution in [0.1, 0.15) is 41.0 Å². The van der Waals surface area contributed by atoms with Gasteiger partial charge in [0.05, 0.1) is 6.04 Å². The van der Waals surface area contributed by atoms with Crippen LogP contribution in [0.4, 0.5) is 0 Å². The van der Waals surface area contributed by atoms with Gasteiger partial charge in [0, 0.05) is 30.9 Å². The highest BCUT2D eigenvalue weighted by molar-refractivity contribution is 6.00. The van der Waals surface area contributed by atoms with E-state index in [1.807, 2.05) is 72.5 Å². The van der Waals surface area contributed by atoms with Gasteiger partial charge in [-0.25, -0.2) is 0 Å². The smallest absolute Gasteiger partial charge is 0.273 e. The van der Waals surface area contributed by atoms with Crippen LogP contribution in [-0.2, 0) is 4.74 Å². The molecule has 35 heavy (non-hydrogen) atoms. The van der Waals surface area contributed by atoms with Crippen LogP contribution in [-0.4, -0.2) is 45.9 Å². The molecule has 0 spiro atoms. The molecule has 3 aromatic carbocycles. The van der Waals surface area contributed by atoms with Crippen molar-refractivity contribution in [1.29, 1.82) is 0 Å². The Bertz CT molecular complexity index is 1320. The van der Waals surface area contributed by atoms with E-state index >= 15 is 0 Å². The number of aromatic amines is 1. The fourth-order valence-corrected chi connectivity index (χ4v) is 4.51. The molecule has 0 saturated heterocycles. The van der Waals surface area contributed by atoms with Crippen LogP contribution >= 0.6 is 0 Å². The van der Waals surface area contributed by atoms with Gasteiger partial charge in [0.25, 0.3) is 5.91 Å². The van der Waals surface area contributed by atoms with E-state index in [0.29, 0.717) is 48.9 Å². The van der Waals surface area contributed by atoms with E-state index in [9.17, 15) is 9.90 Å². The van der Waals surface area contributed by atoms with Gasteiger partial charge in [0.15, 0.2) is 0 Å². The summed E-state index contributed by atoms with van der Waals surface area (Å²) in [5, 5.41) is 17.9. The Labute approximate surface area is 203 Å². The molecule has 2 N–H and O–H groups in total. The van der Waals surface area contributed by atoms with Crippen molar-refractivity contribution < 1.29 is 19.4 Å². The Morgan fingerprint density at radius 2 is 1.77 bits per heavy atom. The molecular weight excluding hydrogens is 442 g/mol. The molecule has 0 saturated carbocycles. The minimum Gasteiger partial charge on any atom is -0.507 e. The van der Waals surface area contributed by atoms with Crippen molar-refractivity contribution in [3.8, 4) is 28.5 Å². The lowest BCUT2D eigenvalue weighted by Gasteiger charge is -2.26. The van der Waals surface area contributed by atoms with Gasteiger partial charge in [0.1, 0.15) is 28.6 Å². The number of phenolic OH excluding ortho intramolecular Hbond substituents is 1. The Morgan fingerprint density at radius 1 is 1.00 bits per heavy atom. The maximum atomic E-state index is 13.5. The van der Waals surface area contributed by atoms with Gasteiger partial charge in [-0.05, 0) is 55.3 Å². The fraction of sp³-hybridized carbons (Fsp3) is 0.214. The van der Waals surface area contributed by atoms with Gasteiger partial charge >= 0.3 is 0 Å². The zero-order chi connectivity index (χ0) is 24.2. The van der Waals surface area contributed by atoms with E-state index in [4.69, 9.17) is 9.47 Å². The van der Waals surface area contributed by atoms with Crippen LogP contribution in [0.25, 0.3) is 11.3 Å². The number of amides is 1. The van der Waals surface area contributed by atoms with Crippen molar-refractivity contribution in [3.63, 3.8) is 0 Å². The largest absolute Gasteiger partial charge is 0.507 e. The van der Waals surface area contributed by atoms with Crippen LogP contribution < -0.4 is 4.74 Å². The fourth-order valence-electron chi connectivity index (χ4n) is 4.51. The first-order valence-electron chi connectivity index (χ1n) is 11.8. The van der Waals surface area contributed by atoms with Crippen LogP contribution in [0.2, 0.25) is 0 Å². The predicted molar refractivity (Wildman–Crippen MR) is 133 cm³/mol. The third kappa shape index (κ3) is 4.50. The zero-order valence-electron chi connectivity index (χ0n) is 19.5. The summed E-state index contributed by atoms with van der Waals surface area (Å²) in [4.78, 5) is 15.3. The second-order valence-electron chi connectivity index (χ2n) is 8.32. The van der Waals surface area contributed by atoms with Crippen molar-refractivity contribution in [1.82, 2.24) is 15.1 Å². The molecule has 1 aromatic heterocycles. The lowest BCUT2D eigenvalue weighted by molar-refractivity contribution is 0.0710. The number of hydrogen-bond donors (Lipinski definition) is 2. The highest BCUT2D eigenvalue weighted by Crippen LogP contribution is 2.45. The summed E-state index contributed by atoms with van der Waals surface area (Å²) in [7, 11) is 0. The second-order valence-corrected chi connectivity index (χ2v) is 8.32. The Morgan fingerprint density at radius 3 is 2.57 bits per heavy atom. The van der Waals surface area contributed by atoms with Crippen molar-refractivity contribution in [2.24, 2.45) is 0 Å². The van der Waals surface area contributed by atoms with E-state index in [0.717, 1.165) is 16.9 Å². The second kappa shape index (κ2) is 10.0. The molecule has 7 heteroatoms. The van der Waals surface area contributed by atoms with Crippen molar-refractivity contribution in [2.45, 2.75) is 19.4 Å². The molecule has 1 unspecified atom stereocenters. The number of benzene rings is 3. The lowest BCUT2D eigenvalue weighted by Crippen LogP contribution is -2.31. The monoisotopic (exact) mass is 469 g/mol. The summed E-state index contributed by atoms with van der Waals surface area (Å²) in [6.45, 7) is 3.69. The van der Waals surface area contributed by atoms with Gasteiger partial charge < -0.3 is 19.5 Å². The number of fused-ring (bicyclic) bond motifs is 1. The first-order chi connectivity index (χ1) is 17.2. The first kappa shape index (κ1) is 22.7. The molecule has 1 amide bonds. The molecule has 0 bridgehead atoms. The molecule has 0 radical (unpaired) electrons. The Hall–Kier alpha value is -4.10. The molecule has 5 rings (SSSR count).